The summed E-state index contributed by atoms with van der Waals surface area (Å²) >= 11 is 0. The van der Waals surface area contributed by atoms with Gasteiger partial charge in [0.05, 0.1) is 11.4 Å². The van der Waals surface area contributed by atoms with Gasteiger partial charge in [-0.15, -0.1) is 0 Å². The maximum Gasteiger partial charge on any atom is 0.323 e. The second kappa shape index (κ2) is 9.73. The molecule has 0 bridgehead atoms. The van der Waals surface area contributed by atoms with Crippen molar-refractivity contribution in [3.05, 3.63) is 60.2 Å². The molecule has 152 valence electrons. The van der Waals surface area contributed by atoms with Gasteiger partial charge >= 0.3 is 6.03 Å². The number of carbonyl (C=O) groups is 3. The minimum atomic E-state index is -0.737. The molecule has 1 unspecified atom stereocenters. The molecule has 3 rings (SSSR count). The molecular weight excluding hydrogens is 368 g/mol. The number of anilines is 2. The number of hydrogen-bond donors (Lipinski definition) is 3. The van der Waals surface area contributed by atoms with Crippen LogP contribution in [-0.4, -0.2) is 37.0 Å². The molecule has 0 radical (unpaired) electrons. The number of para-hydroxylation sites is 2. The molecule has 0 saturated heterocycles. The third kappa shape index (κ3) is 5.34. The van der Waals surface area contributed by atoms with Gasteiger partial charge in [0.25, 0.3) is 0 Å². The molecule has 0 spiro atoms. The lowest BCUT2D eigenvalue weighted by molar-refractivity contribution is -0.122. The molecule has 1 aliphatic heterocycles. The topological polar surface area (TPSA) is 90.5 Å². The van der Waals surface area contributed by atoms with Crippen molar-refractivity contribution in [2.24, 2.45) is 0 Å². The zero-order chi connectivity index (χ0) is 20.6. The highest BCUT2D eigenvalue weighted by Gasteiger charge is 2.29. The van der Waals surface area contributed by atoms with E-state index in [0.29, 0.717) is 24.3 Å². The summed E-state index contributed by atoms with van der Waals surface area (Å²) in [6, 6.07) is 15.4. The fraction of sp³-hybridized carbons (Fsp3) is 0.318. The van der Waals surface area contributed by atoms with Gasteiger partial charge in [0.1, 0.15) is 12.6 Å². The largest absolute Gasteiger partial charge is 0.354 e. The Labute approximate surface area is 170 Å². The quantitative estimate of drug-likeness (QED) is 0.631. The van der Waals surface area contributed by atoms with E-state index in [0.717, 1.165) is 18.4 Å². The summed E-state index contributed by atoms with van der Waals surface area (Å²) in [4.78, 5) is 39.1. The molecule has 7 heteroatoms. The lowest BCUT2D eigenvalue weighted by Crippen LogP contribution is -2.54. The normalized spacial score (nSPS) is 13.8. The van der Waals surface area contributed by atoms with Gasteiger partial charge in [0.2, 0.25) is 11.8 Å². The third-order valence-electron chi connectivity index (χ3n) is 4.74. The zero-order valence-corrected chi connectivity index (χ0v) is 16.5. The second-order valence-electron chi connectivity index (χ2n) is 6.99. The summed E-state index contributed by atoms with van der Waals surface area (Å²) in [5.41, 5.74) is 2.13. The number of nitrogens with one attached hydrogen (secondary N) is 3. The van der Waals surface area contributed by atoms with Crippen LogP contribution in [0.5, 0.6) is 0 Å². The summed E-state index contributed by atoms with van der Waals surface area (Å²) in [5, 5.41) is 8.46. The van der Waals surface area contributed by atoms with Gasteiger partial charge in [-0.2, -0.15) is 0 Å². The van der Waals surface area contributed by atoms with Gasteiger partial charge in [-0.05, 0) is 24.1 Å². The van der Waals surface area contributed by atoms with Crippen LogP contribution in [0.1, 0.15) is 25.3 Å². The first-order valence-corrected chi connectivity index (χ1v) is 9.87. The summed E-state index contributed by atoms with van der Waals surface area (Å²) in [7, 11) is 0. The number of hydrogen-bond acceptors (Lipinski definition) is 3. The average Bonchev–Trinajstić information content (AvgIpc) is 2.73. The molecule has 1 heterocycles. The lowest BCUT2D eigenvalue weighted by Gasteiger charge is -2.30. The zero-order valence-electron chi connectivity index (χ0n) is 16.5. The smallest absolute Gasteiger partial charge is 0.323 e. The highest BCUT2D eigenvalue weighted by Crippen LogP contribution is 2.28. The van der Waals surface area contributed by atoms with E-state index in [1.54, 1.807) is 24.3 Å². The van der Waals surface area contributed by atoms with Crippen LogP contribution < -0.4 is 20.9 Å². The van der Waals surface area contributed by atoms with E-state index in [1.165, 1.54) is 4.90 Å². The van der Waals surface area contributed by atoms with Gasteiger partial charge in [-0.25, -0.2) is 4.79 Å². The van der Waals surface area contributed by atoms with Crippen molar-refractivity contribution in [3.63, 3.8) is 0 Å². The Balaban J connectivity index is 1.76. The number of fused-ring (bicyclic) bond motifs is 1. The highest BCUT2D eigenvalue weighted by atomic mass is 16.2. The maximum absolute atomic E-state index is 13.0. The molecule has 3 N–H and O–H groups in total. The monoisotopic (exact) mass is 394 g/mol. The molecule has 0 fully saturated rings. The highest BCUT2D eigenvalue weighted by molar-refractivity contribution is 6.10. The predicted molar refractivity (Wildman–Crippen MR) is 113 cm³/mol. The molecule has 0 aromatic heterocycles. The predicted octanol–water partition coefficient (Wildman–Crippen LogP) is 2.68. The summed E-state index contributed by atoms with van der Waals surface area (Å²) in [6.07, 6.45) is 2.21. The molecule has 1 aliphatic rings. The van der Waals surface area contributed by atoms with Crippen molar-refractivity contribution < 1.29 is 14.4 Å². The Morgan fingerprint density at radius 3 is 2.59 bits per heavy atom. The van der Waals surface area contributed by atoms with Crippen molar-refractivity contribution in [2.75, 3.05) is 23.3 Å². The molecule has 0 aliphatic carbocycles. The fourth-order valence-electron chi connectivity index (χ4n) is 3.21. The molecule has 4 amide bonds. The van der Waals surface area contributed by atoms with E-state index in [1.807, 2.05) is 37.3 Å². The van der Waals surface area contributed by atoms with Crippen LogP contribution in [0.15, 0.2) is 54.6 Å². The van der Waals surface area contributed by atoms with Gasteiger partial charge in [-0.1, -0.05) is 55.8 Å². The molecule has 29 heavy (non-hydrogen) atoms. The van der Waals surface area contributed by atoms with Crippen LogP contribution >= 0.6 is 0 Å². The van der Waals surface area contributed by atoms with Gasteiger partial charge in [-0.3, -0.25) is 14.5 Å². The average molecular weight is 394 g/mol. The molecule has 1 atom stereocenters. The number of nitrogens with zero attached hydrogens (tertiary/aromatic N) is 1. The van der Waals surface area contributed by atoms with Crippen molar-refractivity contribution in [1.29, 1.82) is 0 Å². The van der Waals surface area contributed by atoms with E-state index >= 15 is 0 Å². The standard InChI is InChI=1S/C22H26N4O3/c1-2-3-13-23-21(28)18(14-16-9-5-4-6-10-16)25-22(29)26-15-20(27)24-17-11-7-8-12-19(17)26/h4-12,18H,2-3,13-15H2,1H3,(H,23,28)(H,24,27)(H,25,29). The Kier molecular flexibility index (Phi) is 6.84. The SMILES string of the molecule is CCCCNC(=O)C(Cc1ccccc1)NC(=O)N1CC(=O)Nc2ccccc21. The summed E-state index contributed by atoms with van der Waals surface area (Å²) in [5.74, 6) is -0.503. The molecule has 2 aromatic rings. The molecule has 2 aromatic carbocycles. The van der Waals surface area contributed by atoms with E-state index in [4.69, 9.17) is 0 Å². The van der Waals surface area contributed by atoms with E-state index in [9.17, 15) is 14.4 Å². The van der Waals surface area contributed by atoms with Gasteiger partial charge in [0.15, 0.2) is 0 Å². The summed E-state index contributed by atoms with van der Waals surface area (Å²) < 4.78 is 0. The number of rotatable bonds is 7. The Hall–Kier alpha value is -3.35. The number of unbranched alkanes of at least 4 members (excludes halogenated alkanes) is 1. The third-order valence-corrected chi connectivity index (χ3v) is 4.74. The number of benzene rings is 2. The van der Waals surface area contributed by atoms with Gasteiger partial charge in [0, 0.05) is 13.0 Å². The first kappa shape index (κ1) is 20.4. The minimum absolute atomic E-state index is 0.0989. The van der Waals surface area contributed by atoms with Crippen LogP contribution in [-0.2, 0) is 16.0 Å². The first-order valence-electron chi connectivity index (χ1n) is 9.87. The summed E-state index contributed by atoms with van der Waals surface area (Å²) in [6.45, 7) is 2.51. The number of amides is 4. The molecular formula is C22H26N4O3. The van der Waals surface area contributed by atoms with Crippen LogP contribution in [0, 0.1) is 0 Å². The Morgan fingerprint density at radius 1 is 1.10 bits per heavy atom. The minimum Gasteiger partial charge on any atom is -0.354 e. The van der Waals surface area contributed by atoms with E-state index < -0.39 is 12.1 Å². The Morgan fingerprint density at radius 2 is 1.83 bits per heavy atom. The van der Waals surface area contributed by atoms with Crippen LogP contribution in [0.3, 0.4) is 0 Å². The van der Waals surface area contributed by atoms with Crippen LogP contribution in [0.25, 0.3) is 0 Å². The second-order valence-corrected chi connectivity index (χ2v) is 6.99. The fourth-order valence-corrected chi connectivity index (χ4v) is 3.21. The number of carbonyl (C=O) groups excluding carboxylic acids is 3. The van der Waals surface area contributed by atoms with E-state index in [-0.39, 0.29) is 18.4 Å². The molecule has 0 saturated carbocycles. The lowest BCUT2D eigenvalue weighted by atomic mass is 10.1. The number of urea groups is 1. The van der Waals surface area contributed by atoms with Crippen molar-refractivity contribution in [3.8, 4) is 0 Å². The van der Waals surface area contributed by atoms with Crippen LogP contribution in [0.2, 0.25) is 0 Å². The van der Waals surface area contributed by atoms with Gasteiger partial charge < -0.3 is 16.0 Å². The van der Waals surface area contributed by atoms with E-state index in [2.05, 4.69) is 16.0 Å². The van der Waals surface area contributed by atoms with Crippen LogP contribution in [0.4, 0.5) is 16.2 Å². The van der Waals surface area contributed by atoms with Crippen molar-refractivity contribution in [1.82, 2.24) is 10.6 Å². The first-order chi connectivity index (χ1) is 14.1. The maximum atomic E-state index is 13.0. The van der Waals surface area contributed by atoms with Crippen molar-refractivity contribution >= 4 is 29.2 Å². The Bertz CT molecular complexity index is 869. The molecule has 7 nitrogen and oxygen atoms in total. The van der Waals surface area contributed by atoms with Crippen molar-refractivity contribution in [2.45, 2.75) is 32.2 Å².